The maximum atomic E-state index is 13.9. The fraction of sp³-hybridized carbons (Fsp3) is 0.440. The van der Waals surface area contributed by atoms with Crippen molar-refractivity contribution in [3.8, 4) is 11.5 Å². The molecule has 7 heteroatoms. The molecule has 0 aromatic heterocycles. The van der Waals surface area contributed by atoms with E-state index in [1.165, 1.54) is 0 Å². The van der Waals surface area contributed by atoms with E-state index in [-0.39, 0.29) is 11.8 Å². The molecule has 2 aliphatic rings. The van der Waals surface area contributed by atoms with Crippen molar-refractivity contribution in [2.75, 3.05) is 40.6 Å². The Morgan fingerprint density at radius 2 is 1.62 bits per heavy atom. The van der Waals surface area contributed by atoms with E-state index in [4.69, 9.17) is 9.47 Å². The topological polar surface area (TPSA) is 59.1 Å². The van der Waals surface area contributed by atoms with Gasteiger partial charge < -0.3 is 19.3 Å². The summed E-state index contributed by atoms with van der Waals surface area (Å²) in [4.78, 5) is 32.2. The van der Waals surface area contributed by atoms with E-state index in [2.05, 4.69) is 0 Å². The van der Waals surface area contributed by atoms with Crippen LogP contribution in [0.3, 0.4) is 0 Å². The third-order valence-electron chi connectivity index (χ3n) is 6.57. The Kier molecular flexibility index (Phi) is 6.65. The molecular weight excluding hydrogens is 424 g/mol. The fourth-order valence-corrected chi connectivity index (χ4v) is 5.25. The molecule has 6 nitrogen and oxygen atoms in total. The molecule has 32 heavy (non-hydrogen) atoms. The summed E-state index contributed by atoms with van der Waals surface area (Å²) in [6.07, 6.45) is 5.20. The van der Waals surface area contributed by atoms with Gasteiger partial charge in [0, 0.05) is 30.6 Å². The van der Waals surface area contributed by atoms with Gasteiger partial charge in [0.15, 0.2) is 11.5 Å². The Balaban J connectivity index is 1.88. The predicted octanol–water partition coefficient (Wildman–Crippen LogP) is 4.35. The zero-order valence-electron chi connectivity index (χ0n) is 19.1. The summed E-state index contributed by atoms with van der Waals surface area (Å²) in [7, 11) is 4.90. The normalized spacial score (nSPS) is 20.7. The van der Waals surface area contributed by atoms with Crippen molar-refractivity contribution in [1.29, 1.82) is 0 Å². The number of methoxy groups -OCH3 is 2. The summed E-state index contributed by atoms with van der Waals surface area (Å²) < 4.78 is 11.0. The maximum absolute atomic E-state index is 13.9. The minimum absolute atomic E-state index is 0.0662. The Labute approximate surface area is 193 Å². The van der Waals surface area contributed by atoms with Crippen molar-refractivity contribution in [3.63, 3.8) is 0 Å². The number of thioether (sulfide) groups is 1. The number of likely N-dealkylation sites (tertiary alicyclic amines) is 1. The Morgan fingerprint density at radius 1 is 1.00 bits per heavy atom. The van der Waals surface area contributed by atoms with Gasteiger partial charge in [-0.3, -0.25) is 9.59 Å². The van der Waals surface area contributed by atoms with Crippen molar-refractivity contribution in [2.45, 2.75) is 36.1 Å². The number of carbonyl (C=O) groups is 2. The molecule has 2 aliphatic heterocycles. The van der Waals surface area contributed by atoms with Crippen LogP contribution in [0.15, 0.2) is 41.3 Å². The van der Waals surface area contributed by atoms with Gasteiger partial charge in [-0.15, -0.1) is 11.8 Å². The van der Waals surface area contributed by atoms with E-state index in [0.29, 0.717) is 22.6 Å². The van der Waals surface area contributed by atoms with Crippen LogP contribution < -0.4 is 9.47 Å². The lowest BCUT2D eigenvalue weighted by molar-refractivity contribution is -0.135. The second-order valence-corrected chi connectivity index (χ2v) is 9.17. The number of amides is 2. The Hall–Kier alpha value is -2.67. The van der Waals surface area contributed by atoms with Gasteiger partial charge in [-0.05, 0) is 60.9 Å². The van der Waals surface area contributed by atoms with Gasteiger partial charge in [-0.25, -0.2) is 0 Å². The van der Waals surface area contributed by atoms with E-state index in [9.17, 15) is 9.59 Å². The summed E-state index contributed by atoms with van der Waals surface area (Å²) in [5, 5.41) is 0. The summed E-state index contributed by atoms with van der Waals surface area (Å²) in [5.74, 6) is 0.446. The minimum atomic E-state index is -0.509. The molecule has 0 N–H and O–H groups in total. The van der Waals surface area contributed by atoms with Crippen LogP contribution in [0.4, 0.5) is 0 Å². The highest BCUT2D eigenvalue weighted by molar-refractivity contribution is 7.98. The molecule has 2 aromatic rings. The number of benzene rings is 2. The Morgan fingerprint density at radius 3 is 2.22 bits per heavy atom. The second kappa shape index (κ2) is 9.45. The van der Waals surface area contributed by atoms with Gasteiger partial charge in [0.2, 0.25) is 5.91 Å². The lowest BCUT2D eigenvalue weighted by atomic mass is 9.78. The molecule has 170 valence electrons. The maximum Gasteiger partial charge on any atom is 0.254 e. The summed E-state index contributed by atoms with van der Waals surface area (Å²) in [6, 6.07) is 11.3. The second-order valence-electron chi connectivity index (χ2n) is 8.29. The highest BCUT2D eigenvalue weighted by Gasteiger charge is 2.45. The molecule has 0 aliphatic carbocycles. The van der Waals surface area contributed by atoms with Crippen LogP contribution in [-0.4, -0.2) is 62.2 Å². The fourth-order valence-electron chi connectivity index (χ4n) is 4.84. The number of fused-ring (bicyclic) bond motifs is 1. The standard InChI is InChI=1S/C25H30N2O4S/c1-26-23(16-8-10-17(32-4)11-9-16)22(25(29)27-12-6-5-7-13-27)18-14-20(30-2)21(31-3)15-19(18)24(26)28/h8-11,14-15,22-23H,5-7,12-13H2,1-4H3/t22-,23-/m0/s1. The molecular formula is C25H30N2O4S. The molecule has 2 atom stereocenters. The molecule has 2 aromatic carbocycles. The van der Waals surface area contributed by atoms with Crippen LogP contribution in [0.2, 0.25) is 0 Å². The lowest BCUT2D eigenvalue weighted by Crippen LogP contribution is -2.48. The van der Waals surface area contributed by atoms with Gasteiger partial charge in [-0.2, -0.15) is 0 Å². The monoisotopic (exact) mass is 454 g/mol. The van der Waals surface area contributed by atoms with E-state index < -0.39 is 12.0 Å². The molecule has 0 unspecified atom stereocenters. The van der Waals surface area contributed by atoms with Gasteiger partial charge in [0.1, 0.15) is 0 Å². The zero-order valence-corrected chi connectivity index (χ0v) is 19.9. The van der Waals surface area contributed by atoms with Crippen molar-refractivity contribution < 1.29 is 19.1 Å². The van der Waals surface area contributed by atoms with Crippen molar-refractivity contribution in [3.05, 3.63) is 53.1 Å². The van der Waals surface area contributed by atoms with Gasteiger partial charge in [-0.1, -0.05) is 12.1 Å². The average Bonchev–Trinajstić information content (AvgIpc) is 2.85. The largest absolute Gasteiger partial charge is 0.493 e. The molecule has 4 rings (SSSR count). The van der Waals surface area contributed by atoms with Crippen molar-refractivity contribution in [2.24, 2.45) is 0 Å². The SMILES string of the molecule is COc1cc2c(cc1OC)[C@H](C(=O)N1CCCCC1)[C@H](c1ccc(SC)cc1)N(C)C2=O. The van der Waals surface area contributed by atoms with E-state index in [1.807, 2.05) is 41.5 Å². The number of likely N-dealkylation sites (N-methyl/N-ethyl adjacent to an activating group) is 1. The number of hydrogen-bond donors (Lipinski definition) is 0. The quantitative estimate of drug-likeness (QED) is 0.629. The van der Waals surface area contributed by atoms with Gasteiger partial charge >= 0.3 is 0 Å². The molecule has 0 radical (unpaired) electrons. The first kappa shape index (κ1) is 22.5. The van der Waals surface area contributed by atoms with E-state index in [1.54, 1.807) is 44.0 Å². The number of rotatable bonds is 5. The van der Waals surface area contributed by atoms with Crippen molar-refractivity contribution >= 4 is 23.6 Å². The molecule has 1 fully saturated rings. The first-order valence-electron chi connectivity index (χ1n) is 11.0. The molecule has 2 amide bonds. The zero-order chi connectivity index (χ0) is 22.8. The summed E-state index contributed by atoms with van der Waals surface area (Å²) in [5.41, 5.74) is 2.16. The minimum Gasteiger partial charge on any atom is -0.493 e. The lowest BCUT2D eigenvalue weighted by Gasteiger charge is -2.42. The van der Waals surface area contributed by atoms with Crippen LogP contribution in [0.5, 0.6) is 11.5 Å². The highest BCUT2D eigenvalue weighted by atomic mass is 32.2. The van der Waals surface area contributed by atoms with E-state index in [0.717, 1.165) is 42.8 Å². The van der Waals surface area contributed by atoms with Crippen LogP contribution in [0.1, 0.15) is 52.7 Å². The van der Waals surface area contributed by atoms with Gasteiger partial charge in [0.25, 0.3) is 5.91 Å². The average molecular weight is 455 g/mol. The van der Waals surface area contributed by atoms with Gasteiger partial charge in [0.05, 0.1) is 26.2 Å². The smallest absolute Gasteiger partial charge is 0.254 e. The number of carbonyl (C=O) groups excluding carboxylic acids is 2. The van der Waals surface area contributed by atoms with E-state index >= 15 is 0 Å². The van der Waals surface area contributed by atoms with Crippen LogP contribution in [0, 0.1) is 0 Å². The number of ether oxygens (including phenoxy) is 2. The first-order chi connectivity index (χ1) is 15.5. The molecule has 0 bridgehead atoms. The molecule has 1 saturated heterocycles. The third kappa shape index (κ3) is 3.94. The molecule has 0 saturated carbocycles. The van der Waals surface area contributed by atoms with Crippen LogP contribution >= 0.6 is 11.8 Å². The summed E-state index contributed by atoms with van der Waals surface area (Å²) >= 11 is 1.67. The first-order valence-corrected chi connectivity index (χ1v) is 12.2. The predicted molar refractivity (Wildman–Crippen MR) is 126 cm³/mol. The molecule has 2 heterocycles. The van der Waals surface area contributed by atoms with Crippen LogP contribution in [-0.2, 0) is 4.79 Å². The number of hydrogen-bond acceptors (Lipinski definition) is 5. The highest BCUT2D eigenvalue weighted by Crippen LogP contribution is 2.46. The Bertz CT molecular complexity index is 1000. The van der Waals surface area contributed by atoms with Crippen LogP contribution in [0.25, 0.3) is 0 Å². The van der Waals surface area contributed by atoms with Crippen molar-refractivity contribution in [1.82, 2.24) is 9.80 Å². The number of piperidine rings is 1. The molecule has 0 spiro atoms. The summed E-state index contributed by atoms with van der Waals surface area (Å²) in [6.45, 7) is 1.52. The number of nitrogens with zero attached hydrogens (tertiary/aromatic N) is 2. The third-order valence-corrected chi connectivity index (χ3v) is 7.31.